The number of aromatic nitrogens is 3. The van der Waals surface area contributed by atoms with Gasteiger partial charge >= 0.3 is 0 Å². The predicted molar refractivity (Wildman–Crippen MR) is 121 cm³/mol. The molecule has 1 amide bonds. The summed E-state index contributed by atoms with van der Waals surface area (Å²) >= 11 is 1.34. The topological polar surface area (TPSA) is 69.0 Å². The third kappa shape index (κ3) is 5.73. The Morgan fingerprint density at radius 1 is 1.13 bits per heavy atom. The molecule has 0 unspecified atom stereocenters. The number of nitrogens with one attached hydrogen (secondary N) is 1. The molecular weight excluding hydrogens is 396 g/mol. The molecule has 3 aromatic rings. The van der Waals surface area contributed by atoms with Crippen LogP contribution in [0, 0.1) is 20.8 Å². The Kier molecular flexibility index (Phi) is 7.30. The maximum absolute atomic E-state index is 12.3. The van der Waals surface area contributed by atoms with Crippen LogP contribution in [-0.2, 0) is 17.9 Å². The van der Waals surface area contributed by atoms with E-state index in [1.54, 1.807) is 6.08 Å². The number of anilines is 1. The summed E-state index contributed by atoms with van der Waals surface area (Å²) in [7, 11) is 0. The van der Waals surface area contributed by atoms with Gasteiger partial charge < -0.3 is 10.1 Å². The van der Waals surface area contributed by atoms with E-state index in [0.717, 1.165) is 17.0 Å². The Morgan fingerprint density at radius 3 is 2.60 bits per heavy atom. The molecule has 0 bridgehead atoms. The van der Waals surface area contributed by atoms with Gasteiger partial charge in [0.1, 0.15) is 12.4 Å². The minimum Gasteiger partial charge on any atom is -0.486 e. The average molecular weight is 423 g/mol. The van der Waals surface area contributed by atoms with Crippen molar-refractivity contribution in [1.29, 1.82) is 0 Å². The van der Waals surface area contributed by atoms with Crippen molar-refractivity contribution in [2.75, 3.05) is 11.1 Å². The van der Waals surface area contributed by atoms with E-state index in [0.29, 0.717) is 24.1 Å². The molecule has 156 valence electrons. The summed E-state index contributed by atoms with van der Waals surface area (Å²) in [5.41, 5.74) is 4.33. The van der Waals surface area contributed by atoms with Crippen LogP contribution in [0.15, 0.2) is 60.3 Å². The minimum absolute atomic E-state index is 0.0927. The molecule has 1 heterocycles. The number of aryl methyl sites for hydroxylation is 3. The van der Waals surface area contributed by atoms with Gasteiger partial charge in [-0.3, -0.25) is 9.36 Å². The minimum atomic E-state index is -0.0927. The average Bonchev–Trinajstić information content (AvgIpc) is 3.11. The van der Waals surface area contributed by atoms with Crippen LogP contribution in [0.3, 0.4) is 0 Å². The summed E-state index contributed by atoms with van der Waals surface area (Å²) in [6.07, 6.45) is 1.78. The summed E-state index contributed by atoms with van der Waals surface area (Å²) in [5, 5.41) is 12.0. The van der Waals surface area contributed by atoms with Crippen LogP contribution in [0.2, 0.25) is 0 Å². The normalized spacial score (nSPS) is 10.6. The number of allylic oxidation sites excluding steroid dienone is 1. The van der Waals surface area contributed by atoms with Crippen LogP contribution < -0.4 is 10.1 Å². The standard InChI is InChI=1S/C23H26N4O2S/c1-5-12-27-21(14-29-20-11-8-17(3)18(4)13-20)25-26-23(27)30-15-22(28)24-19-9-6-16(2)7-10-19/h5-11,13H,1,12,14-15H2,2-4H3,(H,24,28). The second-order valence-electron chi connectivity index (χ2n) is 7.04. The molecule has 0 atom stereocenters. The largest absolute Gasteiger partial charge is 0.486 e. The summed E-state index contributed by atoms with van der Waals surface area (Å²) in [6, 6.07) is 13.7. The fourth-order valence-electron chi connectivity index (χ4n) is 2.76. The number of thioether (sulfide) groups is 1. The highest BCUT2D eigenvalue weighted by Gasteiger charge is 2.14. The fraction of sp³-hybridized carbons (Fsp3) is 0.261. The molecule has 0 aliphatic rings. The van der Waals surface area contributed by atoms with E-state index in [1.807, 2.05) is 54.0 Å². The molecule has 2 aromatic carbocycles. The number of ether oxygens (including phenoxy) is 1. The summed E-state index contributed by atoms with van der Waals surface area (Å²) in [6.45, 7) is 10.8. The molecule has 0 radical (unpaired) electrons. The van der Waals surface area contributed by atoms with Crippen molar-refractivity contribution in [3.05, 3.63) is 77.6 Å². The van der Waals surface area contributed by atoms with Gasteiger partial charge in [-0.05, 0) is 56.2 Å². The zero-order chi connectivity index (χ0) is 21.5. The van der Waals surface area contributed by atoms with E-state index in [9.17, 15) is 4.79 Å². The maximum atomic E-state index is 12.3. The molecule has 7 heteroatoms. The van der Waals surface area contributed by atoms with Gasteiger partial charge in [0.15, 0.2) is 11.0 Å². The van der Waals surface area contributed by atoms with Crippen molar-refractivity contribution in [2.45, 2.75) is 39.1 Å². The number of nitrogens with zero attached hydrogens (tertiary/aromatic N) is 3. The van der Waals surface area contributed by atoms with E-state index >= 15 is 0 Å². The molecule has 0 saturated heterocycles. The first-order valence-electron chi connectivity index (χ1n) is 9.68. The van der Waals surface area contributed by atoms with Crippen molar-refractivity contribution in [3.8, 4) is 5.75 Å². The number of hydrogen-bond acceptors (Lipinski definition) is 5. The highest BCUT2D eigenvalue weighted by Crippen LogP contribution is 2.21. The molecule has 0 aliphatic heterocycles. The van der Waals surface area contributed by atoms with E-state index in [2.05, 4.69) is 35.9 Å². The first-order valence-corrected chi connectivity index (χ1v) is 10.7. The van der Waals surface area contributed by atoms with E-state index in [4.69, 9.17) is 4.74 Å². The second kappa shape index (κ2) is 10.1. The Balaban J connectivity index is 1.61. The number of rotatable bonds is 9. The van der Waals surface area contributed by atoms with Crippen LogP contribution in [0.5, 0.6) is 5.75 Å². The monoisotopic (exact) mass is 422 g/mol. The van der Waals surface area contributed by atoms with Crippen LogP contribution in [0.1, 0.15) is 22.5 Å². The van der Waals surface area contributed by atoms with Gasteiger partial charge in [-0.25, -0.2) is 0 Å². The molecule has 3 rings (SSSR count). The smallest absolute Gasteiger partial charge is 0.234 e. The Bertz CT molecular complexity index is 1030. The number of hydrogen-bond donors (Lipinski definition) is 1. The number of carbonyl (C=O) groups is 1. The zero-order valence-electron chi connectivity index (χ0n) is 17.5. The van der Waals surface area contributed by atoms with Gasteiger partial charge in [0.2, 0.25) is 5.91 Å². The van der Waals surface area contributed by atoms with E-state index in [1.165, 1.54) is 22.9 Å². The molecule has 30 heavy (non-hydrogen) atoms. The quantitative estimate of drug-likeness (QED) is 0.400. The van der Waals surface area contributed by atoms with Gasteiger partial charge in [0, 0.05) is 12.2 Å². The summed E-state index contributed by atoms with van der Waals surface area (Å²) < 4.78 is 7.81. The van der Waals surface area contributed by atoms with Crippen molar-refractivity contribution >= 4 is 23.4 Å². The third-order valence-corrected chi connectivity index (χ3v) is 5.59. The SMILES string of the molecule is C=CCn1c(COc2ccc(C)c(C)c2)nnc1SCC(=O)Nc1ccc(C)cc1. The fourth-order valence-corrected chi connectivity index (χ4v) is 3.53. The Morgan fingerprint density at radius 2 is 1.90 bits per heavy atom. The molecule has 1 N–H and O–H groups in total. The molecule has 6 nitrogen and oxygen atoms in total. The highest BCUT2D eigenvalue weighted by atomic mass is 32.2. The van der Waals surface area contributed by atoms with E-state index in [-0.39, 0.29) is 11.7 Å². The van der Waals surface area contributed by atoms with Crippen LogP contribution in [-0.4, -0.2) is 26.4 Å². The summed E-state index contributed by atoms with van der Waals surface area (Å²) in [4.78, 5) is 12.3. The van der Waals surface area contributed by atoms with Crippen molar-refractivity contribution in [1.82, 2.24) is 14.8 Å². The molecule has 0 fully saturated rings. The highest BCUT2D eigenvalue weighted by molar-refractivity contribution is 7.99. The number of benzene rings is 2. The first-order chi connectivity index (χ1) is 14.5. The van der Waals surface area contributed by atoms with Gasteiger partial charge in [0.25, 0.3) is 0 Å². The maximum Gasteiger partial charge on any atom is 0.234 e. The van der Waals surface area contributed by atoms with Crippen molar-refractivity contribution in [3.63, 3.8) is 0 Å². The number of carbonyl (C=O) groups excluding carboxylic acids is 1. The van der Waals surface area contributed by atoms with Crippen LogP contribution >= 0.6 is 11.8 Å². The lowest BCUT2D eigenvalue weighted by molar-refractivity contribution is -0.113. The van der Waals surface area contributed by atoms with Crippen molar-refractivity contribution in [2.24, 2.45) is 0 Å². The van der Waals surface area contributed by atoms with Gasteiger partial charge in [-0.2, -0.15) is 0 Å². The lowest BCUT2D eigenvalue weighted by Gasteiger charge is -2.10. The van der Waals surface area contributed by atoms with Gasteiger partial charge in [-0.15, -0.1) is 16.8 Å². The molecular formula is C23H26N4O2S. The Labute approximate surface area is 181 Å². The lowest BCUT2D eigenvalue weighted by atomic mass is 10.1. The van der Waals surface area contributed by atoms with Crippen LogP contribution in [0.4, 0.5) is 5.69 Å². The molecule has 0 spiro atoms. The zero-order valence-corrected chi connectivity index (χ0v) is 18.3. The number of amides is 1. The van der Waals surface area contributed by atoms with Gasteiger partial charge in [0.05, 0.1) is 5.75 Å². The third-order valence-electron chi connectivity index (χ3n) is 4.62. The molecule has 0 saturated carbocycles. The van der Waals surface area contributed by atoms with Crippen LogP contribution in [0.25, 0.3) is 0 Å². The summed E-state index contributed by atoms with van der Waals surface area (Å²) in [5.74, 6) is 1.62. The second-order valence-corrected chi connectivity index (χ2v) is 7.98. The van der Waals surface area contributed by atoms with E-state index < -0.39 is 0 Å². The first kappa shape index (κ1) is 21.6. The lowest BCUT2D eigenvalue weighted by Crippen LogP contribution is -2.15. The molecule has 1 aromatic heterocycles. The molecule has 0 aliphatic carbocycles. The predicted octanol–water partition coefficient (Wildman–Crippen LogP) is 4.70. The Hall–Kier alpha value is -3.06. The van der Waals surface area contributed by atoms with Gasteiger partial charge in [-0.1, -0.05) is 41.6 Å². The van der Waals surface area contributed by atoms with Crippen molar-refractivity contribution < 1.29 is 9.53 Å².